The van der Waals surface area contributed by atoms with Gasteiger partial charge >= 0.3 is 0 Å². The summed E-state index contributed by atoms with van der Waals surface area (Å²) >= 11 is 6.57. The zero-order valence-electron chi connectivity index (χ0n) is 22.7. The second-order valence-electron chi connectivity index (χ2n) is 12.4. The highest BCUT2D eigenvalue weighted by Crippen LogP contribution is 2.53. The minimum Gasteiger partial charge on any atom is -0.508 e. The van der Waals surface area contributed by atoms with Crippen molar-refractivity contribution < 1.29 is 13.9 Å². The van der Waals surface area contributed by atoms with E-state index in [1.165, 1.54) is 12.1 Å². The van der Waals surface area contributed by atoms with E-state index in [2.05, 4.69) is 49.1 Å². The van der Waals surface area contributed by atoms with E-state index in [0.717, 1.165) is 50.9 Å². The zero-order chi connectivity index (χ0) is 28.0. The number of nitrogens with one attached hydrogen (secondary N) is 1. The first-order valence-electron chi connectivity index (χ1n) is 14.5. The monoisotopic (exact) mass is 577 g/mol. The van der Waals surface area contributed by atoms with Crippen LogP contribution >= 0.6 is 11.6 Å². The van der Waals surface area contributed by atoms with Crippen LogP contribution in [0, 0.1) is 23.6 Å². The standard InChI is InChI=1S/C30H30ClF2N7O/c1-15-7-20(15)24-21(9-19(41)10-22(24)31)26-25(33)27-28(38-37-26)29(40-14-17-8-18(40)12-34-17)36-23(35-27)3-5-30-4-2-6-39(30)13-16(32)11-30/h9-10,15-18,20,34,41H,2,4,6-8,11-14H2,1H3/t15-,16-,17-,18-,20-,30-/m1/s1. The summed E-state index contributed by atoms with van der Waals surface area (Å²) in [5, 5.41) is 23.1. The molecule has 0 spiro atoms. The van der Waals surface area contributed by atoms with Crippen LogP contribution in [0.1, 0.15) is 56.3 Å². The summed E-state index contributed by atoms with van der Waals surface area (Å²) in [6.07, 6.45) is 3.13. The van der Waals surface area contributed by atoms with E-state index >= 15 is 4.39 Å². The number of phenols is 1. The first-order chi connectivity index (χ1) is 19.8. The average molecular weight is 578 g/mol. The molecule has 4 aliphatic heterocycles. The van der Waals surface area contributed by atoms with Crippen LogP contribution in [0.25, 0.3) is 22.3 Å². The van der Waals surface area contributed by atoms with E-state index in [1.54, 1.807) is 0 Å². The Morgan fingerprint density at radius 2 is 2.02 bits per heavy atom. The van der Waals surface area contributed by atoms with Gasteiger partial charge in [0.1, 0.15) is 23.1 Å². The van der Waals surface area contributed by atoms with Gasteiger partial charge in [0.2, 0.25) is 5.82 Å². The molecule has 6 heterocycles. The lowest BCUT2D eigenvalue weighted by Crippen LogP contribution is -2.44. The summed E-state index contributed by atoms with van der Waals surface area (Å²) in [6, 6.07) is 3.53. The smallest absolute Gasteiger partial charge is 0.207 e. The van der Waals surface area contributed by atoms with Gasteiger partial charge in [-0.05, 0) is 67.7 Å². The summed E-state index contributed by atoms with van der Waals surface area (Å²) in [5.41, 5.74) is 0.975. The molecule has 1 aromatic carbocycles. The minimum atomic E-state index is -0.905. The summed E-state index contributed by atoms with van der Waals surface area (Å²) in [5.74, 6) is 6.98. The molecule has 1 aliphatic carbocycles. The lowest BCUT2D eigenvalue weighted by Gasteiger charge is -2.29. The fourth-order valence-electron chi connectivity index (χ4n) is 7.56. The molecule has 2 bridgehead atoms. The molecule has 5 fully saturated rings. The number of halogens is 3. The average Bonchev–Trinajstić information content (AvgIpc) is 3.36. The normalized spacial score (nSPS) is 32.0. The van der Waals surface area contributed by atoms with Crippen LogP contribution in [-0.4, -0.2) is 80.1 Å². The van der Waals surface area contributed by atoms with Gasteiger partial charge in [-0.15, -0.1) is 10.2 Å². The summed E-state index contributed by atoms with van der Waals surface area (Å²) < 4.78 is 30.9. The molecule has 3 aromatic rings. The third-order valence-electron chi connectivity index (χ3n) is 9.72. The van der Waals surface area contributed by atoms with Crippen molar-refractivity contribution in [3.05, 3.63) is 34.4 Å². The highest BCUT2D eigenvalue weighted by Gasteiger charge is 2.48. The molecule has 0 amide bonds. The Morgan fingerprint density at radius 3 is 2.78 bits per heavy atom. The van der Waals surface area contributed by atoms with Gasteiger partial charge in [0.15, 0.2) is 17.2 Å². The van der Waals surface area contributed by atoms with Crippen LogP contribution in [0.2, 0.25) is 5.02 Å². The largest absolute Gasteiger partial charge is 0.508 e. The van der Waals surface area contributed by atoms with E-state index in [4.69, 9.17) is 16.6 Å². The Bertz CT molecular complexity index is 1660. The van der Waals surface area contributed by atoms with Crippen LogP contribution in [-0.2, 0) is 0 Å². The molecule has 0 unspecified atom stereocenters. The molecule has 41 heavy (non-hydrogen) atoms. The van der Waals surface area contributed by atoms with E-state index in [-0.39, 0.29) is 40.3 Å². The van der Waals surface area contributed by atoms with Crippen molar-refractivity contribution in [3.63, 3.8) is 0 Å². The topological polar surface area (TPSA) is 90.3 Å². The van der Waals surface area contributed by atoms with Crippen molar-refractivity contribution in [2.45, 2.75) is 68.7 Å². The summed E-state index contributed by atoms with van der Waals surface area (Å²) in [4.78, 5) is 13.7. The van der Waals surface area contributed by atoms with Crippen molar-refractivity contribution in [1.29, 1.82) is 0 Å². The Balaban J connectivity index is 1.30. The third-order valence-corrected chi connectivity index (χ3v) is 10.0. The number of phenolic OH excluding ortho intramolecular Hbond substituents is 1. The molecular weight excluding hydrogens is 548 g/mol. The number of anilines is 1. The molecule has 11 heteroatoms. The molecule has 0 radical (unpaired) electrons. The molecule has 4 saturated heterocycles. The first-order valence-corrected chi connectivity index (χ1v) is 14.9. The van der Waals surface area contributed by atoms with Crippen LogP contribution in [0.15, 0.2) is 12.1 Å². The van der Waals surface area contributed by atoms with Crippen LogP contribution in [0.3, 0.4) is 0 Å². The Morgan fingerprint density at radius 1 is 1.17 bits per heavy atom. The highest BCUT2D eigenvalue weighted by molar-refractivity contribution is 6.32. The van der Waals surface area contributed by atoms with Crippen molar-refractivity contribution >= 4 is 28.5 Å². The van der Waals surface area contributed by atoms with E-state index in [1.807, 2.05) is 0 Å². The summed E-state index contributed by atoms with van der Waals surface area (Å²) in [6.45, 7) is 4.87. The van der Waals surface area contributed by atoms with Gasteiger partial charge in [-0.1, -0.05) is 24.4 Å². The second-order valence-corrected chi connectivity index (χ2v) is 12.8. The maximum atomic E-state index is 16.6. The van der Waals surface area contributed by atoms with Crippen molar-refractivity contribution in [3.8, 4) is 28.8 Å². The molecule has 8 nitrogen and oxygen atoms in total. The first kappa shape index (κ1) is 25.6. The SMILES string of the molecule is C[C@@H]1C[C@H]1c1c(Cl)cc(O)cc1-c1nnc2c(N3C[C@H]4C[C@@H]3CN4)nc(C#C[C@@]34CCCN3C[C@H](F)C4)nc2c1F. The van der Waals surface area contributed by atoms with Gasteiger partial charge in [-0.2, -0.15) is 0 Å². The highest BCUT2D eigenvalue weighted by atomic mass is 35.5. The van der Waals surface area contributed by atoms with Gasteiger partial charge < -0.3 is 15.3 Å². The van der Waals surface area contributed by atoms with Crippen molar-refractivity contribution in [1.82, 2.24) is 30.4 Å². The molecule has 2 aromatic heterocycles. The Labute approximate surface area is 241 Å². The van der Waals surface area contributed by atoms with Crippen molar-refractivity contribution in [2.75, 3.05) is 31.1 Å². The van der Waals surface area contributed by atoms with Crippen molar-refractivity contribution in [2.24, 2.45) is 5.92 Å². The molecule has 8 rings (SSSR count). The number of fused-ring (bicyclic) bond motifs is 4. The quantitative estimate of drug-likeness (QED) is 0.448. The number of nitrogens with zero attached hydrogens (tertiary/aromatic N) is 6. The molecule has 5 aliphatic rings. The van der Waals surface area contributed by atoms with E-state index in [9.17, 15) is 9.50 Å². The molecule has 6 atom stereocenters. The second kappa shape index (κ2) is 9.18. The lowest BCUT2D eigenvalue weighted by molar-refractivity contribution is 0.255. The van der Waals surface area contributed by atoms with Crippen LogP contribution in [0.5, 0.6) is 5.75 Å². The Hall–Kier alpha value is -3.13. The fourth-order valence-corrected chi connectivity index (χ4v) is 7.91. The molecular formula is C30H30ClF2N7O. The number of aromatic hydroxyl groups is 1. The number of alkyl halides is 1. The predicted octanol–water partition coefficient (Wildman–Crippen LogP) is 4.19. The number of rotatable bonds is 3. The lowest BCUT2D eigenvalue weighted by atomic mass is 9.94. The maximum absolute atomic E-state index is 16.6. The van der Waals surface area contributed by atoms with Gasteiger partial charge in [0.05, 0.1) is 5.54 Å². The van der Waals surface area contributed by atoms with Crippen LogP contribution in [0.4, 0.5) is 14.6 Å². The summed E-state index contributed by atoms with van der Waals surface area (Å²) in [7, 11) is 0. The Kier molecular flexibility index (Phi) is 5.73. The van der Waals surface area contributed by atoms with Gasteiger partial charge in [-0.3, -0.25) is 4.90 Å². The molecule has 1 saturated carbocycles. The van der Waals surface area contributed by atoms with Gasteiger partial charge in [-0.25, -0.2) is 18.7 Å². The maximum Gasteiger partial charge on any atom is 0.207 e. The minimum absolute atomic E-state index is 0.00538. The number of piperazine rings is 1. The number of hydrogen-bond acceptors (Lipinski definition) is 8. The molecule has 2 N–H and O–H groups in total. The number of benzene rings is 1. The van der Waals surface area contributed by atoms with Crippen LogP contribution < -0.4 is 10.2 Å². The third kappa shape index (κ3) is 4.08. The number of hydrogen-bond donors (Lipinski definition) is 2. The van der Waals surface area contributed by atoms with E-state index in [0.29, 0.717) is 41.3 Å². The van der Waals surface area contributed by atoms with Gasteiger partial charge in [0.25, 0.3) is 0 Å². The van der Waals surface area contributed by atoms with Gasteiger partial charge in [0, 0.05) is 48.7 Å². The molecule has 212 valence electrons. The zero-order valence-corrected chi connectivity index (χ0v) is 23.4. The van der Waals surface area contributed by atoms with E-state index < -0.39 is 17.5 Å². The number of aromatic nitrogens is 4. The fraction of sp³-hybridized carbons (Fsp3) is 0.533. The predicted molar refractivity (Wildman–Crippen MR) is 151 cm³/mol.